The molecule has 0 radical (unpaired) electrons. The van der Waals surface area contributed by atoms with E-state index >= 15 is 0 Å². The van der Waals surface area contributed by atoms with Gasteiger partial charge >= 0.3 is 6.18 Å². The molecule has 5 rings (SSSR count). The summed E-state index contributed by atoms with van der Waals surface area (Å²) in [6.07, 6.45) is -4.63. The zero-order chi connectivity index (χ0) is 29.3. The molecule has 0 atom stereocenters. The van der Waals surface area contributed by atoms with Gasteiger partial charge in [-0.1, -0.05) is 35.5 Å². The summed E-state index contributed by atoms with van der Waals surface area (Å²) in [6, 6.07) is 21.3. The van der Waals surface area contributed by atoms with E-state index in [2.05, 4.69) is 10.5 Å². The molecule has 0 aromatic heterocycles. The smallest absolute Gasteiger partial charge is 0.259 e. The van der Waals surface area contributed by atoms with E-state index in [4.69, 9.17) is 11.6 Å². The van der Waals surface area contributed by atoms with Crippen LogP contribution in [0.1, 0.15) is 11.1 Å². The number of nitro benzene ring substituents is 2. The second kappa shape index (κ2) is 11.0. The van der Waals surface area contributed by atoms with Gasteiger partial charge in [-0.25, -0.2) is 0 Å². The van der Waals surface area contributed by atoms with Crippen LogP contribution < -0.4 is 15.7 Å². The Morgan fingerprint density at radius 1 is 0.829 bits per heavy atom. The number of rotatable bonds is 7. The Morgan fingerprint density at radius 3 is 2.07 bits per heavy atom. The van der Waals surface area contributed by atoms with Gasteiger partial charge in [-0.05, 0) is 54.6 Å². The van der Waals surface area contributed by atoms with Crippen molar-refractivity contribution < 1.29 is 23.0 Å². The highest BCUT2D eigenvalue weighted by Crippen LogP contribution is 2.38. The Kier molecular flexibility index (Phi) is 7.43. The SMILES string of the molecule is O=[N+]([O-])c1ccc(Sc2ccc(N3N=C(c4cccc([N+](=O)[O-])c4)NN3c3cc(C(F)(F)F)ccc3Cl)cc2)cc1. The molecule has 41 heavy (non-hydrogen) atoms. The van der Waals surface area contributed by atoms with Crippen molar-refractivity contribution in [3.05, 3.63) is 127 Å². The maximum atomic E-state index is 13.5. The zero-order valence-electron chi connectivity index (χ0n) is 20.4. The molecular weight excluding hydrogens is 585 g/mol. The Hall–Kier alpha value is -4.82. The highest BCUT2D eigenvalue weighted by molar-refractivity contribution is 7.99. The van der Waals surface area contributed by atoms with Crippen molar-refractivity contribution >= 4 is 51.9 Å². The summed E-state index contributed by atoms with van der Waals surface area (Å²) in [6.45, 7) is 0. The number of hydrogen-bond acceptors (Lipinski definition) is 9. The third-order valence-corrected chi connectivity index (χ3v) is 7.11. The highest BCUT2D eigenvalue weighted by atomic mass is 35.5. The zero-order valence-corrected chi connectivity index (χ0v) is 22.0. The maximum absolute atomic E-state index is 13.5. The number of hydrazone groups is 1. The summed E-state index contributed by atoms with van der Waals surface area (Å²) in [5, 5.41) is 29.2. The second-order valence-corrected chi connectivity index (χ2v) is 10.0. The number of nitro groups is 2. The molecule has 0 spiro atoms. The number of amidine groups is 1. The topological polar surface area (TPSA) is 117 Å². The second-order valence-electron chi connectivity index (χ2n) is 8.48. The minimum absolute atomic E-state index is 0.00339. The van der Waals surface area contributed by atoms with Crippen molar-refractivity contribution in [3.8, 4) is 0 Å². The summed E-state index contributed by atoms with van der Waals surface area (Å²) >= 11 is 7.67. The first kappa shape index (κ1) is 27.7. The summed E-state index contributed by atoms with van der Waals surface area (Å²) < 4.78 is 40.6. The van der Waals surface area contributed by atoms with Gasteiger partial charge in [-0.15, -0.1) is 5.10 Å². The van der Waals surface area contributed by atoms with Crippen LogP contribution in [-0.4, -0.2) is 15.7 Å². The summed E-state index contributed by atoms with van der Waals surface area (Å²) in [5.74, 6) is 0.131. The Bertz CT molecular complexity index is 1670. The molecule has 1 N–H and O–H groups in total. The van der Waals surface area contributed by atoms with Crippen molar-refractivity contribution in [1.29, 1.82) is 0 Å². The van der Waals surface area contributed by atoms with Crippen molar-refractivity contribution in [2.75, 3.05) is 10.2 Å². The number of nitrogens with one attached hydrogen (secondary N) is 1. The first-order chi connectivity index (χ1) is 19.5. The van der Waals surface area contributed by atoms with E-state index in [0.717, 1.165) is 28.0 Å². The molecule has 0 unspecified atom stereocenters. The monoisotopic (exact) mass is 600 g/mol. The standard InChI is InChI=1S/C26H16ClF3N6O4S/c27-23-13-4-17(26(28,29)30)15-24(23)34-32-25(16-2-1-3-20(14-16)36(39)40)31-33(34)18-5-9-21(10-6-18)41-22-11-7-19(8-12-22)35(37)38/h1-15H,(H,31,32). The quantitative estimate of drug-likeness (QED) is 0.172. The lowest BCUT2D eigenvalue weighted by Gasteiger charge is -2.29. The van der Waals surface area contributed by atoms with Crippen LogP contribution in [0.15, 0.2) is 106 Å². The van der Waals surface area contributed by atoms with Crippen LogP contribution in [-0.2, 0) is 6.18 Å². The molecule has 0 aliphatic carbocycles. The molecule has 0 saturated heterocycles. The predicted octanol–water partition coefficient (Wildman–Crippen LogP) is 7.43. The van der Waals surface area contributed by atoms with Gasteiger partial charge in [0.1, 0.15) is 5.69 Å². The molecule has 0 bridgehead atoms. The molecule has 0 saturated carbocycles. The molecule has 4 aromatic carbocycles. The normalized spacial score (nSPS) is 13.1. The number of hydrazine groups is 2. The summed E-state index contributed by atoms with van der Waals surface area (Å²) in [7, 11) is 0. The lowest BCUT2D eigenvalue weighted by Crippen LogP contribution is -2.45. The number of alkyl halides is 3. The van der Waals surface area contributed by atoms with E-state index in [1.807, 2.05) is 0 Å². The van der Waals surface area contributed by atoms with E-state index in [1.54, 1.807) is 42.5 Å². The first-order valence-electron chi connectivity index (χ1n) is 11.6. The number of nitrogens with zero attached hydrogens (tertiary/aromatic N) is 5. The first-order valence-corrected chi connectivity index (χ1v) is 12.8. The van der Waals surface area contributed by atoms with Gasteiger partial charge in [-0.2, -0.15) is 23.4 Å². The average Bonchev–Trinajstić information content (AvgIpc) is 3.39. The van der Waals surface area contributed by atoms with Gasteiger partial charge < -0.3 is 0 Å². The minimum Gasteiger partial charge on any atom is -0.259 e. The molecule has 4 aromatic rings. The van der Waals surface area contributed by atoms with E-state index in [-0.39, 0.29) is 27.9 Å². The lowest BCUT2D eigenvalue weighted by atomic mass is 10.2. The van der Waals surface area contributed by atoms with Crippen LogP contribution in [0, 0.1) is 20.2 Å². The van der Waals surface area contributed by atoms with Crippen LogP contribution in [0.25, 0.3) is 0 Å². The third-order valence-electron chi connectivity index (χ3n) is 5.78. The van der Waals surface area contributed by atoms with Gasteiger partial charge in [-0.3, -0.25) is 25.7 Å². The largest absolute Gasteiger partial charge is 0.416 e. The van der Waals surface area contributed by atoms with Gasteiger partial charge in [0.05, 0.1) is 26.1 Å². The van der Waals surface area contributed by atoms with Crippen LogP contribution in [0.3, 0.4) is 0 Å². The number of halogens is 4. The maximum Gasteiger partial charge on any atom is 0.416 e. The van der Waals surface area contributed by atoms with E-state index in [1.165, 1.54) is 52.3 Å². The number of hydrogen-bond donors (Lipinski definition) is 1. The van der Waals surface area contributed by atoms with E-state index < -0.39 is 21.6 Å². The number of non-ortho nitro benzene ring substituents is 2. The molecule has 1 aliphatic heterocycles. The van der Waals surface area contributed by atoms with Gasteiger partial charge in [0.25, 0.3) is 11.4 Å². The molecular formula is C26H16ClF3N6O4S. The van der Waals surface area contributed by atoms with Crippen molar-refractivity contribution in [2.45, 2.75) is 16.0 Å². The van der Waals surface area contributed by atoms with Crippen LogP contribution in [0.4, 0.5) is 35.9 Å². The van der Waals surface area contributed by atoms with Crippen LogP contribution in [0.2, 0.25) is 5.02 Å². The molecule has 1 aliphatic rings. The fraction of sp³-hybridized carbons (Fsp3) is 0.0385. The van der Waals surface area contributed by atoms with Gasteiger partial charge in [0.2, 0.25) is 0 Å². The third kappa shape index (κ3) is 6.02. The van der Waals surface area contributed by atoms with Crippen LogP contribution >= 0.6 is 23.4 Å². The Labute approximate surface area is 238 Å². The molecule has 0 fully saturated rings. The number of benzene rings is 4. The number of anilines is 2. The van der Waals surface area contributed by atoms with Crippen LogP contribution in [0.5, 0.6) is 0 Å². The highest BCUT2D eigenvalue weighted by Gasteiger charge is 2.34. The Balaban J connectivity index is 1.50. The van der Waals surface area contributed by atoms with Crippen molar-refractivity contribution in [2.24, 2.45) is 5.10 Å². The molecule has 1 heterocycles. The average molecular weight is 601 g/mol. The summed E-state index contributed by atoms with van der Waals surface area (Å²) in [4.78, 5) is 22.7. The van der Waals surface area contributed by atoms with E-state index in [9.17, 15) is 33.4 Å². The molecule has 10 nitrogen and oxygen atoms in total. The summed E-state index contributed by atoms with van der Waals surface area (Å²) in [5.41, 5.74) is 2.43. The Morgan fingerprint density at radius 2 is 1.46 bits per heavy atom. The van der Waals surface area contributed by atoms with Crippen molar-refractivity contribution in [3.63, 3.8) is 0 Å². The predicted molar refractivity (Wildman–Crippen MR) is 148 cm³/mol. The lowest BCUT2D eigenvalue weighted by molar-refractivity contribution is -0.385. The molecule has 0 amide bonds. The van der Waals surface area contributed by atoms with Crippen molar-refractivity contribution in [1.82, 2.24) is 5.43 Å². The van der Waals surface area contributed by atoms with E-state index in [0.29, 0.717) is 11.3 Å². The fourth-order valence-corrected chi connectivity index (χ4v) is 4.82. The van der Waals surface area contributed by atoms with Gasteiger partial charge in [0, 0.05) is 39.6 Å². The minimum atomic E-state index is -4.63. The molecule has 208 valence electrons. The fourth-order valence-electron chi connectivity index (χ4n) is 3.80. The molecule has 15 heteroatoms. The van der Waals surface area contributed by atoms with Gasteiger partial charge in [0.15, 0.2) is 5.84 Å².